The van der Waals surface area contributed by atoms with Crippen LogP contribution in [-0.4, -0.2) is 39.7 Å². The number of carbonyl (C=O) groups is 2. The Balaban J connectivity index is 2.24. The number of aliphatic hydroxyl groups is 1. The second-order valence-electron chi connectivity index (χ2n) is 4.12. The molecule has 0 spiro atoms. The summed E-state index contributed by atoms with van der Waals surface area (Å²) in [7, 11) is 0. The van der Waals surface area contributed by atoms with Crippen molar-refractivity contribution in [1.82, 2.24) is 10.3 Å². The van der Waals surface area contributed by atoms with Crippen LogP contribution in [0.5, 0.6) is 0 Å². The fourth-order valence-electron chi connectivity index (χ4n) is 1.90. The maximum Gasteiger partial charge on any atom is 0.326 e. The monoisotopic (exact) mass is 262 g/mol. The number of aliphatic hydroxyl groups excluding tert-OH is 1. The Bertz CT molecular complexity index is 605. The van der Waals surface area contributed by atoms with E-state index in [0.717, 1.165) is 5.39 Å². The molecule has 0 saturated carbocycles. The second-order valence-corrected chi connectivity index (χ2v) is 4.12. The third-order valence-corrected chi connectivity index (χ3v) is 2.85. The molecule has 19 heavy (non-hydrogen) atoms. The van der Waals surface area contributed by atoms with Crippen LogP contribution in [0.4, 0.5) is 0 Å². The number of aromatic nitrogens is 1. The smallest absolute Gasteiger partial charge is 0.326 e. The van der Waals surface area contributed by atoms with Crippen LogP contribution in [0.15, 0.2) is 30.5 Å². The summed E-state index contributed by atoms with van der Waals surface area (Å²) in [4.78, 5) is 26.0. The number of amides is 1. The number of nitrogens with one attached hydrogen (secondary N) is 2. The van der Waals surface area contributed by atoms with Crippen molar-refractivity contribution in [2.24, 2.45) is 0 Å². The topological polar surface area (TPSA) is 102 Å². The van der Waals surface area contributed by atoms with Gasteiger partial charge in [0.2, 0.25) is 0 Å². The first kappa shape index (κ1) is 13.1. The van der Waals surface area contributed by atoms with Crippen molar-refractivity contribution < 1.29 is 19.8 Å². The quantitative estimate of drug-likeness (QED) is 0.638. The van der Waals surface area contributed by atoms with Crippen LogP contribution in [0.2, 0.25) is 0 Å². The van der Waals surface area contributed by atoms with Gasteiger partial charge in [-0.2, -0.15) is 0 Å². The Morgan fingerprint density at radius 1 is 1.32 bits per heavy atom. The fraction of sp³-hybridized carbons (Fsp3) is 0.231. The Morgan fingerprint density at radius 2 is 2.11 bits per heavy atom. The van der Waals surface area contributed by atoms with Crippen LogP contribution >= 0.6 is 0 Å². The lowest BCUT2D eigenvalue weighted by Crippen LogP contribution is -2.41. The molecule has 6 heteroatoms. The molecule has 1 unspecified atom stereocenters. The number of rotatable bonds is 5. The number of carbonyl (C=O) groups excluding carboxylic acids is 1. The molecular weight excluding hydrogens is 248 g/mol. The lowest BCUT2D eigenvalue weighted by molar-refractivity contribution is -0.139. The average molecular weight is 262 g/mol. The zero-order chi connectivity index (χ0) is 13.8. The van der Waals surface area contributed by atoms with Crippen molar-refractivity contribution in [3.63, 3.8) is 0 Å². The molecule has 0 bridgehead atoms. The number of benzene rings is 1. The van der Waals surface area contributed by atoms with Crippen molar-refractivity contribution in [3.8, 4) is 0 Å². The van der Waals surface area contributed by atoms with E-state index >= 15 is 0 Å². The highest BCUT2D eigenvalue weighted by Crippen LogP contribution is 2.16. The Labute approximate surface area is 109 Å². The molecule has 1 aromatic heterocycles. The summed E-state index contributed by atoms with van der Waals surface area (Å²) in [5.74, 6) is -1.64. The predicted octanol–water partition coefficient (Wildman–Crippen LogP) is 0.733. The summed E-state index contributed by atoms with van der Waals surface area (Å²) < 4.78 is 0. The normalized spacial score (nSPS) is 12.3. The van der Waals surface area contributed by atoms with Crippen molar-refractivity contribution in [3.05, 3.63) is 36.0 Å². The molecule has 100 valence electrons. The summed E-state index contributed by atoms with van der Waals surface area (Å²) >= 11 is 0. The fourth-order valence-corrected chi connectivity index (χ4v) is 1.90. The zero-order valence-electron chi connectivity index (χ0n) is 10.1. The third-order valence-electron chi connectivity index (χ3n) is 2.85. The lowest BCUT2D eigenvalue weighted by atomic mass is 10.1. The average Bonchev–Trinajstić information content (AvgIpc) is 2.85. The molecule has 6 nitrogen and oxygen atoms in total. The molecule has 2 rings (SSSR count). The minimum Gasteiger partial charge on any atom is -0.480 e. The van der Waals surface area contributed by atoms with Gasteiger partial charge in [0.25, 0.3) is 5.91 Å². The molecule has 1 aromatic carbocycles. The summed E-state index contributed by atoms with van der Waals surface area (Å²) in [5.41, 5.74) is 1.04. The van der Waals surface area contributed by atoms with Crippen LogP contribution in [0.25, 0.3) is 10.9 Å². The van der Waals surface area contributed by atoms with Crippen LogP contribution in [0.1, 0.15) is 16.8 Å². The van der Waals surface area contributed by atoms with Crippen molar-refractivity contribution >= 4 is 22.8 Å². The standard InChI is InChI=1S/C13H14N2O4/c16-7-5-10(13(18)19)15-12(17)9-3-1-2-8-4-6-14-11(8)9/h1-4,6,10,14,16H,5,7H2,(H,15,17)(H,18,19). The molecule has 0 saturated heterocycles. The molecule has 2 aromatic rings. The summed E-state index contributed by atoms with van der Waals surface area (Å²) in [6.07, 6.45) is 1.69. The number of fused-ring (bicyclic) bond motifs is 1. The molecule has 1 amide bonds. The lowest BCUT2D eigenvalue weighted by Gasteiger charge is -2.13. The van der Waals surface area contributed by atoms with Gasteiger partial charge in [-0.05, 0) is 12.1 Å². The van der Waals surface area contributed by atoms with Crippen LogP contribution in [0, 0.1) is 0 Å². The van der Waals surface area contributed by atoms with Gasteiger partial charge in [-0.1, -0.05) is 12.1 Å². The van der Waals surface area contributed by atoms with E-state index < -0.39 is 17.9 Å². The van der Waals surface area contributed by atoms with Gasteiger partial charge in [-0.25, -0.2) is 4.79 Å². The van der Waals surface area contributed by atoms with E-state index in [0.29, 0.717) is 11.1 Å². The molecule has 4 N–H and O–H groups in total. The van der Waals surface area contributed by atoms with Crippen molar-refractivity contribution in [2.45, 2.75) is 12.5 Å². The van der Waals surface area contributed by atoms with Gasteiger partial charge in [-0.3, -0.25) is 4.79 Å². The zero-order valence-corrected chi connectivity index (χ0v) is 10.1. The number of para-hydroxylation sites is 1. The highest BCUT2D eigenvalue weighted by Gasteiger charge is 2.21. The van der Waals surface area contributed by atoms with E-state index in [-0.39, 0.29) is 13.0 Å². The van der Waals surface area contributed by atoms with Gasteiger partial charge in [-0.15, -0.1) is 0 Å². The molecule has 0 aliphatic heterocycles. The number of carboxylic acid groups (broad SMARTS) is 1. The van der Waals surface area contributed by atoms with Gasteiger partial charge in [0.1, 0.15) is 6.04 Å². The minimum atomic E-state index is -1.17. The summed E-state index contributed by atoms with van der Waals surface area (Å²) in [6, 6.07) is 5.93. The van der Waals surface area contributed by atoms with Crippen molar-refractivity contribution in [1.29, 1.82) is 0 Å². The molecule has 0 aliphatic carbocycles. The number of hydrogen-bond donors (Lipinski definition) is 4. The Morgan fingerprint density at radius 3 is 2.79 bits per heavy atom. The molecular formula is C13H14N2O4. The second kappa shape index (κ2) is 5.53. The van der Waals surface area contributed by atoms with E-state index in [9.17, 15) is 9.59 Å². The molecule has 1 heterocycles. The highest BCUT2D eigenvalue weighted by molar-refractivity contribution is 6.06. The summed E-state index contributed by atoms with van der Waals surface area (Å²) in [5, 5.41) is 21.0. The van der Waals surface area contributed by atoms with Gasteiger partial charge in [0.05, 0.1) is 11.1 Å². The SMILES string of the molecule is O=C(NC(CCO)C(=O)O)c1cccc2cc[nH]c12. The predicted molar refractivity (Wildman–Crippen MR) is 68.9 cm³/mol. The van der Waals surface area contributed by atoms with E-state index in [1.165, 1.54) is 0 Å². The highest BCUT2D eigenvalue weighted by atomic mass is 16.4. The Hall–Kier alpha value is -2.34. The largest absolute Gasteiger partial charge is 0.480 e. The number of carboxylic acids is 1. The van der Waals surface area contributed by atoms with E-state index in [1.54, 1.807) is 18.3 Å². The summed E-state index contributed by atoms with van der Waals surface area (Å²) in [6.45, 7) is -0.302. The van der Waals surface area contributed by atoms with Gasteiger partial charge >= 0.3 is 5.97 Å². The number of aromatic amines is 1. The van der Waals surface area contributed by atoms with Gasteiger partial charge < -0.3 is 20.5 Å². The van der Waals surface area contributed by atoms with Crippen molar-refractivity contribution in [2.75, 3.05) is 6.61 Å². The molecule has 0 aliphatic rings. The number of H-pyrrole nitrogens is 1. The minimum absolute atomic E-state index is 0.0260. The molecule has 1 atom stereocenters. The first-order valence-electron chi connectivity index (χ1n) is 5.84. The van der Waals surface area contributed by atoms with Gasteiger partial charge in [0, 0.05) is 24.6 Å². The first-order valence-corrected chi connectivity index (χ1v) is 5.84. The van der Waals surface area contributed by atoms with Crippen LogP contribution in [-0.2, 0) is 4.79 Å². The maximum atomic E-state index is 12.1. The van der Waals surface area contributed by atoms with Crippen LogP contribution in [0.3, 0.4) is 0 Å². The maximum absolute atomic E-state index is 12.1. The van der Waals surface area contributed by atoms with E-state index in [1.807, 2.05) is 12.1 Å². The number of aliphatic carboxylic acids is 1. The van der Waals surface area contributed by atoms with E-state index in [4.69, 9.17) is 10.2 Å². The van der Waals surface area contributed by atoms with Gasteiger partial charge in [0.15, 0.2) is 0 Å². The Kier molecular flexibility index (Phi) is 3.82. The first-order chi connectivity index (χ1) is 9.13. The van der Waals surface area contributed by atoms with Crippen LogP contribution < -0.4 is 5.32 Å². The third kappa shape index (κ3) is 2.74. The molecule has 0 fully saturated rings. The number of hydrogen-bond acceptors (Lipinski definition) is 3. The molecule has 0 radical (unpaired) electrons. The van der Waals surface area contributed by atoms with E-state index in [2.05, 4.69) is 10.3 Å².